The number of carbonyl (C=O) groups excluding carboxylic acids is 1. The van der Waals surface area contributed by atoms with E-state index in [1.807, 2.05) is 6.07 Å². The fourth-order valence-corrected chi connectivity index (χ4v) is 3.02. The summed E-state index contributed by atoms with van der Waals surface area (Å²) in [5.41, 5.74) is 1.65. The minimum Gasteiger partial charge on any atom is -0.378 e. The lowest BCUT2D eigenvalue weighted by molar-refractivity contribution is 0.0947. The summed E-state index contributed by atoms with van der Waals surface area (Å²) >= 11 is 0. The molecule has 1 saturated heterocycles. The van der Waals surface area contributed by atoms with Gasteiger partial charge in [-0.05, 0) is 44.2 Å². The van der Waals surface area contributed by atoms with Gasteiger partial charge in [-0.3, -0.25) is 9.59 Å². The number of ether oxygens (including phenoxy) is 1. The second-order valence-corrected chi connectivity index (χ2v) is 6.26. The van der Waals surface area contributed by atoms with E-state index in [1.165, 1.54) is 18.8 Å². The molecule has 0 unspecified atom stereocenters. The summed E-state index contributed by atoms with van der Waals surface area (Å²) in [6.45, 7) is 1.54. The third kappa shape index (κ3) is 5.00. The van der Waals surface area contributed by atoms with Gasteiger partial charge in [-0.25, -0.2) is 4.98 Å². The van der Waals surface area contributed by atoms with E-state index >= 15 is 0 Å². The number of nitrogens with one attached hydrogen (secondary N) is 2. The molecule has 1 amide bonds. The van der Waals surface area contributed by atoms with Crippen molar-refractivity contribution in [2.45, 2.75) is 38.2 Å². The summed E-state index contributed by atoms with van der Waals surface area (Å²) in [5.74, 6) is -0.108. The Morgan fingerprint density at radius 2 is 2.24 bits per heavy atom. The largest absolute Gasteiger partial charge is 0.378 e. The van der Waals surface area contributed by atoms with Crippen LogP contribution in [0.25, 0.3) is 11.3 Å². The number of carbonyl (C=O) groups is 1. The molecule has 25 heavy (non-hydrogen) atoms. The lowest BCUT2D eigenvalue weighted by atomic mass is 10.1. The predicted molar refractivity (Wildman–Crippen MR) is 95.5 cm³/mol. The molecule has 1 atom stereocenters. The van der Waals surface area contributed by atoms with E-state index < -0.39 is 0 Å². The van der Waals surface area contributed by atoms with Gasteiger partial charge in [-0.1, -0.05) is 12.1 Å². The summed E-state index contributed by atoms with van der Waals surface area (Å²) in [6, 6.07) is 8.56. The van der Waals surface area contributed by atoms with Crippen LogP contribution in [-0.2, 0) is 4.74 Å². The van der Waals surface area contributed by atoms with Crippen molar-refractivity contribution in [3.05, 3.63) is 52.6 Å². The zero-order chi connectivity index (χ0) is 17.5. The summed E-state index contributed by atoms with van der Waals surface area (Å²) in [6.07, 6.45) is 7.17. The third-order valence-corrected chi connectivity index (χ3v) is 4.36. The van der Waals surface area contributed by atoms with Crippen LogP contribution < -0.4 is 10.9 Å². The topological polar surface area (TPSA) is 84.1 Å². The summed E-state index contributed by atoms with van der Waals surface area (Å²) in [5, 5.41) is 2.95. The number of benzene rings is 1. The molecular formula is C19H23N3O3. The van der Waals surface area contributed by atoms with E-state index in [2.05, 4.69) is 15.3 Å². The molecule has 0 aliphatic carbocycles. The highest BCUT2D eigenvalue weighted by Crippen LogP contribution is 2.18. The second-order valence-electron chi connectivity index (χ2n) is 6.26. The average Bonchev–Trinajstić information content (AvgIpc) is 3.15. The van der Waals surface area contributed by atoms with Crippen molar-refractivity contribution in [2.24, 2.45) is 0 Å². The Morgan fingerprint density at radius 3 is 3.04 bits per heavy atom. The van der Waals surface area contributed by atoms with Crippen molar-refractivity contribution in [3.8, 4) is 11.3 Å². The molecular weight excluding hydrogens is 318 g/mol. The highest BCUT2D eigenvalue weighted by Gasteiger charge is 2.14. The van der Waals surface area contributed by atoms with Crippen LogP contribution in [0.2, 0.25) is 0 Å². The molecule has 2 heterocycles. The van der Waals surface area contributed by atoms with Crippen LogP contribution >= 0.6 is 0 Å². The number of nitrogens with zero attached hydrogens (tertiary/aromatic N) is 1. The Hall–Kier alpha value is -2.47. The molecule has 2 aromatic rings. The highest BCUT2D eigenvalue weighted by atomic mass is 16.5. The number of rotatable bonds is 7. The van der Waals surface area contributed by atoms with Crippen LogP contribution in [0.4, 0.5) is 0 Å². The molecule has 3 rings (SSSR count). The first-order valence-corrected chi connectivity index (χ1v) is 8.77. The standard InChI is InChI=1S/C19H23N3O3/c23-18-12-17(21-13-22-18)14-5-3-6-15(11-14)19(24)20-9-2-1-7-16-8-4-10-25-16/h3,5-6,11-13,16H,1-2,4,7-10H2,(H,20,24)(H,21,22,23)/t16-/m0/s1. The monoisotopic (exact) mass is 341 g/mol. The fraction of sp³-hybridized carbons (Fsp3) is 0.421. The van der Waals surface area contributed by atoms with Crippen LogP contribution in [0, 0.1) is 0 Å². The van der Waals surface area contributed by atoms with Gasteiger partial charge in [0.25, 0.3) is 11.5 Å². The minimum absolute atomic E-state index is 0.108. The van der Waals surface area contributed by atoms with Crippen molar-refractivity contribution in [3.63, 3.8) is 0 Å². The first kappa shape index (κ1) is 17.4. The Bertz CT molecular complexity index is 766. The molecule has 1 aromatic heterocycles. The molecule has 6 nitrogen and oxygen atoms in total. The lowest BCUT2D eigenvalue weighted by Gasteiger charge is -2.09. The van der Waals surface area contributed by atoms with Crippen molar-refractivity contribution in [1.82, 2.24) is 15.3 Å². The first-order chi connectivity index (χ1) is 12.2. The number of hydrogen-bond acceptors (Lipinski definition) is 4. The minimum atomic E-state index is -0.217. The van der Waals surface area contributed by atoms with Gasteiger partial charge in [-0.2, -0.15) is 0 Å². The molecule has 6 heteroatoms. The zero-order valence-corrected chi connectivity index (χ0v) is 14.2. The number of hydrogen-bond donors (Lipinski definition) is 2. The van der Waals surface area contributed by atoms with Gasteiger partial charge in [0.1, 0.15) is 0 Å². The Morgan fingerprint density at radius 1 is 1.32 bits per heavy atom. The van der Waals surface area contributed by atoms with Gasteiger partial charge in [0, 0.05) is 30.3 Å². The molecule has 0 radical (unpaired) electrons. The number of unbranched alkanes of at least 4 members (excludes halogenated alkanes) is 1. The number of amides is 1. The summed E-state index contributed by atoms with van der Waals surface area (Å²) < 4.78 is 5.60. The van der Waals surface area contributed by atoms with Gasteiger partial charge in [0.15, 0.2) is 0 Å². The molecule has 132 valence electrons. The Balaban J connectivity index is 1.50. The van der Waals surface area contributed by atoms with Crippen molar-refractivity contribution >= 4 is 5.91 Å². The molecule has 0 saturated carbocycles. The smallest absolute Gasteiger partial charge is 0.251 e. The number of aromatic nitrogens is 2. The van der Waals surface area contributed by atoms with E-state index in [0.29, 0.717) is 23.9 Å². The maximum Gasteiger partial charge on any atom is 0.251 e. The van der Waals surface area contributed by atoms with E-state index in [9.17, 15) is 9.59 Å². The SMILES string of the molecule is O=C(NCCCC[C@H]1CCCO1)c1cccc(-c2cc(=O)[nH]cn2)c1. The van der Waals surface area contributed by atoms with Crippen molar-refractivity contribution in [1.29, 1.82) is 0 Å². The third-order valence-electron chi connectivity index (χ3n) is 4.36. The molecule has 1 aromatic carbocycles. The van der Waals surface area contributed by atoms with Crippen LogP contribution in [0.1, 0.15) is 42.5 Å². The lowest BCUT2D eigenvalue weighted by Crippen LogP contribution is -2.24. The second kappa shape index (κ2) is 8.58. The molecule has 0 spiro atoms. The van der Waals surface area contributed by atoms with Gasteiger partial charge in [0.2, 0.25) is 0 Å². The van der Waals surface area contributed by atoms with E-state index in [-0.39, 0.29) is 11.5 Å². The van der Waals surface area contributed by atoms with Crippen LogP contribution in [0.15, 0.2) is 41.5 Å². The van der Waals surface area contributed by atoms with Gasteiger partial charge in [-0.15, -0.1) is 0 Å². The maximum absolute atomic E-state index is 12.3. The summed E-state index contributed by atoms with van der Waals surface area (Å²) in [7, 11) is 0. The highest BCUT2D eigenvalue weighted by molar-refractivity contribution is 5.95. The Kier molecular flexibility index (Phi) is 5.95. The average molecular weight is 341 g/mol. The van der Waals surface area contributed by atoms with Gasteiger partial charge >= 0.3 is 0 Å². The normalized spacial score (nSPS) is 16.7. The Labute approximate surface area is 146 Å². The molecule has 0 bridgehead atoms. The first-order valence-electron chi connectivity index (χ1n) is 8.77. The molecule has 2 N–H and O–H groups in total. The fourth-order valence-electron chi connectivity index (χ4n) is 3.02. The summed E-state index contributed by atoms with van der Waals surface area (Å²) in [4.78, 5) is 30.3. The number of aromatic amines is 1. The van der Waals surface area contributed by atoms with E-state index in [1.54, 1.807) is 18.2 Å². The van der Waals surface area contributed by atoms with Crippen molar-refractivity contribution in [2.75, 3.05) is 13.2 Å². The molecule has 1 aliphatic rings. The van der Waals surface area contributed by atoms with Crippen molar-refractivity contribution < 1.29 is 9.53 Å². The molecule has 1 aliphatic heterocycles. The predicted octanol–water partition coefficient (Wildman–Crippen LogP) is 2.52. The van der Waals surface area contributed by atoms with Crippen LogP contribution in [0.3, 0.4) is 0 Å². The quantitative estimate of drug-likeness (QED) is 0.758. The zero-order valence-electron chi connectivity index (χ0n) is 14.2. The van der Waals surface area contributed by atoms with Gasteiger partial charge < -0.3 is 15.0 Å². The van der Waals surface area contributed by atoms with Crippen LogP contribution in [0.5, 0.6) is 0 Å². The van der Waals surface area contributed by atoms with E-state index in [0.717, 1.165) is 37.9 Å². The van der Waals surface area contributed by atoms with Crippen LogP contribution in [-0.4, -0.2) is 35.1 Å². The van der Waals surface area contributed by atoms with E-state index in [4.69, 9.17) is 4.74 Å². The molecule has 1 fully saturated rings. The number of H-pyrrole nitrogens is 1. The van der Waals surface area contributed by atoms with Gasteiger partial charge in [0.05, 0.1) is 18.1 Å². The maximum atomic E-state index is 12.3.